The van der Waals surface area contributed by atoms with Gasteiger partial charge in [0.2, 0.25) is 11.8 Å². The molecule has 3 aromatic rings. The summed E-state index contributed by atoms with van der Waals surface area (Å²) in [4.78, 5) is 25.4. The number of hydrogen-bond acceptors (Lipinski definition) is 4. The highest BCUT2D eigenvalue weighted by molar-refractivity contribution is 7.10. The molecule has 6 heteroatoms. The Morgan fingerprint density at radius 3 is 2.34 bits per heavy atom. The van der Waals surface area contributed by atoms with Crippen molar-refractivity contribution in [3.8, 4) is 0 Å². The molecule has 29 heavy (non-hydrogen) atoms. The molecule has 0 fully saturated rings. The van der Waals surface area contributed by atoms with Crippen LogP contribution in [-0.4, -0.2) is 24.9 Å². The molecule has 0 unspecified atom stereocenters. The van der Waals surface area contributed by atoms with Gasteiger partial charge in [-0.3, -0.25) is 9.59 Å². The fraction of sp³-hybridized carbons (Fsp3) is 0.217. The molecule has 150 valence electrons. The van der Waals surface area contributed by atoms with Crippen LogP contribution in [0.15, 0.2) is 72.1 Å². The van der Waals surface area contributed by atoms with Crippen LogP contribution in [0.4, 0.5) is 11.4 Å². The summed E-state index contributed by atoms with van der Waals surface area (Å²) in [5.41, 5.74) is 2.67. The zero-order valence-corrected chi connectivity index (χ0v) is 17.0. The fourth-order valence-electron chi connectivity index (χ4n) is 2.92. The molecule has 0 spiro atoms. The van der Waals surface area contributed by atoms with Crippen molar-refractivity contribution in [1.29, 1.82) is 0 Å². The lowest BCUT2D eigenvalue weighted by atomic mass is 10.1. The average molecular weight is 408 g/mol. The Morgan fingerprint density at radius 1 is 0.828 bits per heavy atom. The van der Waals surface area contributed by atoms with Crippen molar-refractivity contribution < 1.29 is 9.59 Å². The van der Waals surface area contributed by atoms with Crippen molar-refractivity contribution in [2.75, 3.05) is 23.7 Å². The molecule has 1 heterocycles. The summed E-state index contributed by atoms with van der Waals surface area (Å²) in [6.45, 7) is 0.789. The van der Waals surface area contributed by atoms with Crippen molar-refractivity contribution in [3.05, 3.63) is 82.6 Å². The van der Waals surface area contributed by atoms with Gasteiger partial charge < -0.3 is 16.0 Å². The van der Waals surface area contributed by atoms with Gasteiger partial charge in [0.1, 0.15) is 0 Å². The summed E-state index contributed by atoms with van der Waals surface area (Å²) in [6.07, 6.45) is 2.17. The number of thiophene rings is 1. The summed E-state index contributed by atoms with van der Waals surface area (Å²) in [5.74, 6) is -0.148. The number of amides is 2. The standard InChI is InChI=1S/C23H25N3O2S/c27-22(16-19-11-7-15-29-19)26-21-13-5-4-12-20(21)25-17-23(28)24-14-6-10-18-8-2-1-3-9-18/h1-5,7-9,11-13,15,25H,6,10,14,16-17H2,(H,24,28)(H,26,27). The van der Waals surface area contributed by atoms with Gasteiger partial charge in [-0.1, -0.05) is 48.5 Å². The van der Waals surface area contributed by atoms with Gasteiger partial charge in [0.25, 0.3) is 0 Å². The Hall–Kier alpha value is -3.12. The zero-order valence-electron chi connectivity index (χ0n) is 16.2. The first kappa shape index (κ1) is 20.6. The first-order chi connectivity index (χ1) is 14.2. The molecule has 0 aliphatic carbocycles. The lowest BCUT2D eigenvalue weighted by Gasteiger charge is -2.13. The second-order valence-corrected chi connectivity index (χ2v) is 7.67. The first-order valence-electron chi connectivity index (χ1n) is 9.66. The number of rotatable bonds is 10. The smallest absolute Gasteiger partial charge is 0.239 e. The molecule has 0 atom stereocenters. The van der Waals surface area contributed by atoms with Crippen LogP contribution in [0.2, 0.25) is 0 Å². The summed E-state index contributed by atoms with van der Waals surface area (Å²) in [7, 11) is 0. The van der Waals surface area contributed by atoms with Crippen molar-refractivity contribution >= 4 is 34.5 Å². The number of nitrogens with one attached hydrogen (secondary N) is 3. The Labute approximate surface area is 175 Å². The van der Waals surface area contributed by atoms with Gasteiger partial charge in [-0.2, -0.15) is 0 Å². The number of carbonyl (C=O) groups excluding carboxylic acids is 2. The molecule has 0 saturated carbocycles. The Morgan fingerprint density at radius 2 is 1.59 bits per heavy atom. The van der Waals surface area contributed by atoms with Crippen LogP contribution in [0.25, 0.3) is 0 Å². The van der Waals surface area contributed by atoms with Gasteiger partial charge in [-0.25, -0.2) is 0 Å². The zero-order chi connectivity index (χ0) is 20.3. The number of benzene rings is 2. The molecule has 0 aliphatic rings. The van der Waals surface area contributed by atoms with Crippen LogP contribution < -0.4 is 16.0 Å². The molecule has 3 N–H and O–H groups in total. The number of para-hydroxylation sites is 2. The van der Waals surface area contributed by atoms with Crippen LogP contribution in [0, 0.1) is 0 Å². The molecule has 3 rings (SSSR count). The minimum Gasteiger partial charge on any atom is -0.374 e. The van der Waals surface area contributed by atoms with Gasteiger partial charge >= 0.3 is 0 Å². The number of hydrogen-bond donors (Lipinski definition) is 3. The van der Waals surface area contributed by atoms with Crippen LogP contribution in [0.1, 0.15) is 16.9 Å². The second-order valence-electron chi connectivity index (χ2n) is 6.64. The van der Waals surface area contributed by atoms with Gasteiger partial charge in [0.05, 0.1) is 24.3 Å². The molecular formula is C23H25N3O2S. The highest BCUT2D eigenvalue weighted by Crippen LogP contribution is 2.21. The third-order valence-electron chi connectivity index (χ3n) is 4.36. The van der Waals surface area contributed by atoms with Crippen LogP contribution in [0.3, 0.4) is 0 Å². The maximum atomic E-state index is 12.3. The Balaban J connectivity index is 1.41. The van der Waals surface area contributed by atoms with E-state index < -0.39 is 0 Å². The van der Waals surface area contributed by atoms with Gasteiger partial charge in [0.15, 0.2) is 0 Å². The molecular weight excluding hydrogens is 382 g/mol. The second kappa shape index (κ2) is 11.0. The minimum absolute atomic E-state index is 0.0715. The van der Waals surface area contributed by atoms with E-state index >= 15 is 0 Å². The predicted octanol–water partition coefficient (Wildman–Crippen LogP) is 4.09. The van der Waals surface area contributed by atoms with E-state index in [1.54, 1.807) is 11.3 Å². The van der Waals surface area contributed by atoms with Crippen LogP contribution in [-0.2, 0) is 22.4 Å². The van der Waals surface area contributed by atoms with E-state index in [2.05, 4.69) is 28.1 Å². The van der Waals surface area contributed by atoms with Crippen molar-refractivity contribution in [2.45, 2.75) is 19.3 Å². The molecule has 0 saturated heterocycles. The predicted molar refractivity (Wildman–Crippen MR) is 119 cm³/mol. The maximum absolute atomic E-state index is 12.3. The first-order valence-corrected chi connectivity index (χ1v) is 10.5. The van der Waals surface area contributed by atoms with Crippen molar-refractivity contribution in [2.24, 2.45) is 0 Å². The van der Waals surface area contributed by atoms with E-state index in [0.29, 0.717) is 18.7 Å². The maximum Gasteiger partial charge on any atom is 0.239 e. The minimum atomic E-state index is -0.0768. The van der Waals surface area contributed by atoms with E-state index in [1.807, 2.05) is 60.0 Å². The lowest BCUT2D eigenvalue weighted by molar-refractivity contribution is -0.119. The summed E-state index contributed by atoms with van der Waals surface area (Å²) >= 11 is 1.56. The van der Waals surface area contributed by atoms with E-state index in [9.17, 15) is 9.59 Å². The van der Waals surface area contributed by atoms with Gasteiger partial charge in [-0.05, 0) is 42.0 Å². The third-order valence-corrected chi connectivity index (χ3v) is 5.24. The molecule has 0 aliphatic heterocycles. The van der Waals surface area contributed by atoms with E-state index in [4.69, 9.17) is 0 Å². The fourth-order valence-corrected chi connectivity index (χ4v) is 3.62. The summed E-state index contributed by atoms with van der Waals surface area (Å²) in [6, 6.07) is 21.5. The SMILES string of the molecule is O=C(CNc1ccccc1NC(=O)Cc1cccs1)NCCCc1ccccc1. The summed E-state index contributed by atoms with van der Waals surface area (Å²) in [5, 5.41) is 10.9. The number of carbonyl (C=O) groups is 2. The summed E-state index contributed by atoms with van der Waals surface area (Å²) < 4.78 is 0. The molecule has 0 bridgehead atoms. The van der Waals surface area contributed by atoms with Crippen LogP contribution >= 0.6 is 11.3 Å². The molecule has 2 aromatic carbocycles. The van der Waals surface area contributed by atoms with E-state index in [1.165, 1.54) is 5.56 Å². The van der Waals surface area contributed by atoms with E-state index in [-0.39, 0.29) is 18.4 Å². The van der Waals surface area contributed by atoms with Gasteiger partial charge in [-0.15, -0.1) is 11.3 Å². The lowest BCUT2D eigenvalue weighted by Crippen LogP contribution is -2.31. The third kappa shape index (κ3) is 7.08. The number of anilines is 2. The van der Waals surface area contributed by atoms with Crippen molar-refractivity contribution in [1.82, 2.24) is 5.32 Å². The molecule has 2 amide bonds. The Bertz CT molecular complexity index is 911. The monoisotopic (exact) mass is 407 g/mol. The number of aryl methyl sites for hydroxylation is 1. The van der Waals surface area contributed by atoms with E-state index in [0.717, 1.165) is 23.4 Å². The van der Waals surface area contributed by atoms with Crippen molar-refractivity contribution in [3.63, 3.8) is 0 Å². The quantitative estimate of drug-likeness (QED) is 0.443. The highest BCUT2D eigenvalue weighted by Gasteiger charge is 2.09. The molecule has 1 aromatic heterocycles. The largest absolute Gasteiger partial charge is 0.374 e. The molecule has 5 nitrogen and oxygen atoms in total. The topological polar surface area (TPSA) is 70.2 Å². The average Bonchev–Trinajstić information content (AvgIpc) is 3.24. The van der Waals surface area contributed by atoms with Gasteiger partial charge in [0, 0.05) is 11.4 Å². The Kier molecular flexibility index (Phi) is 7.83. The normalized spacial score (nSPS) is 10.3. The molecule has 0 radical (unpaired) electrons. The van der Waals surface area contributed by atoms with Crippen LogP contribution in [0.5, 0.6) is 0 Å². The highest BCUT2D eigenvalue weighted by atomic mass is 32.1.